The van der Waals surface area contributed by atoms with Crippen molar-refractivity contribution >= 4 is 11.5 Å². The van der Waals surface area contributed by atoms with Crippen LogP contribution >= 0.6 is 0 Å². The van der Waals surface area contributed by atoms with Crippen molar-refractivity contribution in [3.63, 3.8) is 0 Å². The van der Waals surface area contributed by atoms with Gasteiger partial charge in [-0.15, -0.1) is 10.2 Å². The van der Waals surface area contributed by atoms with Crippen molar-refractivity contribution in [2.75, 3.05) is 43.4 Å². The first-order valence-corrected chi connectivity index (χ1v) is 11.3. The van der Waals surface area contributed by atoms with Crippen LogP contribution in [0.2, 0.25) is 0 Å². The number of aromatic nitrogens is 2. The molecule has 1 aromatic heterocycles. The van der Waals surface area contributed by atoms with E-state index in [-0.39, 0.29) is 11.3 Å². The van der Waals surface area contributed by atoms with Gasteiger partial charge in [-0.2, -0.15) is 0 Å². The summed E-state index contributed by atoms with van der Waals surface area (Å²) in [5, 5.41) is 25.8. The summed E-state index contributed by atoms with van der Waals surface area (Å²) in [7, 11) is 2.28. The van der Waals surface area contributed by atoms with Crippen LogP contribution < -0.4 is 15.5 Å². The van der Waals surface area contributed by atoms with Gasteiger partial charge in [0.05, 0.1) is 16.9 Å². The van der Waals surface area contributed by atoms with Gasteiger partial charge in [0.1, 0.15) is 0 Å². The minimum Gasteiger partial charge on any atom is -0.504 e. The van der Waals surface area contributed by atoms with Gasteiger partial charge in [0.25, 0.3) is 0 Å². The van der Waals surface area contributed by atoms with Crippen LogP contribution in [0.4, 0.5) is 15.9 Å². The predicted molar refractivity (Wildman–Crippen MR) is 120 cm³/mol. The Morgan fingerprint density at radius 1 is 1.26 bits per heavy atom. The van der Waals surface area contributed by atoms with Crippen molar-refractivity contribution in [1.82, 2.24) is 20.4 Å². The molecule has 3 aliphatic rings. The maximum atomic E-state index is 13.9. The minimum absolute atomic E-state index is 0.0170. The second kappa shape index (κ2) is 7.91. The molecule has 0 amide bonds. The number of para-hydroxylation sites is 1. The molecule has 0 unspecified atom stereocenters. The summed E-state index contributed by atoms with van der Waals surface area (Å²) in [5.41, 5.74) is 1.86. The van der Waals surface area contributed by atoms with Crippen LogP contribution in [0.25, 0.3) is 11.3 Å². The molecule has 0 saturated carbocycles. The van der Waals surface area contributed by atoms with E-state index >= 15 is 0 Å². The molecule has 1 aromatic carbocycles. The zero-order chi connectivity index (χ0) is 21.6. The maximum Gasteiger partial charge on any atom is 0.172 e. The monoisotopic (exact) mass is 426 g/mol. The predicted octanol–water partition coefficient (Wildman–Crippen LogP) is 2.83. The van der Waals surface area contributed by atoms with Gasteiger partial charge in [0.2, 0.25) is 0 Å². The molecule has 0 bridgehead atoms. The van der Waals surface area contributed by atoms with E-state index < -0.39 is 5.82 Å². The fourth-order valence-electron chi connectivity index (χ4n) is 5.60. The number of phenolic OH excluding ortho intramolecular Hbond substituents is 1. The number of anilines is 2. The van der Waals surface area contributed by atoms with Gasteiger partial charge < -0.3 is 20.6 Å². The summed E-state index contributed by atoms with van der Waals surface area (Å²) in [5.74, 6) is -0.274. The third kappa shape index (κ3) is 3.42. The molecule has 0 aliphatic carbocycles. The van der Waals surface area contributed by atoms with Crippen molar-refractivity contribution in [3.05, 3.63) is 30.1 Å². The fraction of sp³-hybridized carbons (Fsp3) is 0.565. The van der Waals surface area contributed by atoms with E-state index in [0.717, 1.165) is 50.5 Å². The average molecular weight is 427 g/mol. The normalized spacial score (nSPS) is 25.9. The summed E-state index contributed by atoms with van der Waals surface area (Å²) in [4.78, 5) is 5.07. The number of aromatic hydroxyl groups is 1. The Hall–Kier alpha value is -2.45. The van der Waals surface area contributed by atoms with Crippen LogP contribution in [0.15, 0.2) is 24.3 Å². The third-order valence-electron chi connectivity index (χ3n) is 7.61. The van der Waals surface area contributed by atoms with Gasteiger partial charge >= 0.3 is 0 Å². The van der Waals surface area contributed by atoms with Gasteiger partial charge in [0.15, 0.2) is 17.4 Å². The Bertz CT molecular complexity index is 965. The third-order valence-corrected chi connectivity index (χ3v) is 7.61. The largest absolute Gasteiger partial charge is 0.504 e. The first-order chi connectivity index (χ1) is 15.0. The lowest BCUT2D eigenvalue weighted by atomic mass is 9.89. The number of benzene rings is 1. The first kappa shape index (κ1) is 20.5. The highest BCUT2D eigenvalue weighted by Gasteiger charge is 2.49. The van der Waals surface area contributed by atoms with E-state index in [1.54, 1.807) is 12.1 Å². The number of likely N-dealkylation sites (N-methyl/N-ethyl adjacent to an activating group) is 1. The van der Waals surface area contributed by atoms with E-state index in [4.69, 9.17) is 0 Å². The number of rotatable bonds is 4. The number of phenols is 1. The zero-order valence-corrected chi connectivity index (χ0v) is 18.2. The van der Waals surface area contributed by atoms with E-state index in [1.165, 1.54) is 18.9 Å². The quantitative estimate of drug-likeness (QED) is 0.694. The highest BCUT2D eigenvalue weighted by molar-refractivity contribution is 5.77. The first-order valence-electron chi connectivity index (χ1n) is 11.3. The van der Waals surface area contributed by atoms with E-state index in [1.807, 2.05) is 6.07 Å². The molecule has 2 saturated heterocycles. The van der Waals surface area contributed by atoms with Crippen LogP contribution in [-0.2, 0) is 0 Å². The number of hydrogen-bond acceptors (Lipinski definition) is 7. The van der Waals surface area contributed by atoms with Gasteiger partial charge in [-0.3, -0.25) is 4.90 Å². The molecule has 0 radical (unpaired) electrons. The Labute approximate surface area is 182 Å². The SMILES string of the molecule is CC[C@@]12CNc3nnc(-c4cccc(F)c4O)cc3N1C[C@H](N(C)C1CCNCC1)C2. The molecule has 2 fully saturated rings. The highest BCUT2D eigenvalue weighted by atomic mass is 19.1. The van der Waals surface area contributed by atoms with Gasteiger partial charge in [0, 0.05) is 30.7 Å². The smallest absolute Gasteiger partial charge is 0.172 e. The highest BCUT2D eigenvalue weighted by Crippen LogP contribution is 2.45. The molecular formula is C23H31FN6O. The molecule has 166 valence electrons. The van der Waals surface area contributed by atoms with E-state index in [9.17, 15) is 9.50 Å². The number of nitrogens with one attached hydrogen (secondary N) is 2. The number of nitrogens with zero attached hydrogens (tertiary/aromatic N) is 4. The van der Waals surface area contributed by atoms with Crippen molar-refractivity contribution in [3.8, 4) is 17.0 Å². The fourth-order valence-corrected chi connectivity index (χ4v) is 5.60. The summed E-state index contributed by atoms with van der Waals surface area (Å²) in [6.45, 7) is 6.20. The standard InChI is InChI=1S/C23H31FN6O/c1-3-23-12-16(29(2)15-7-9-25-10-8-15)13-30(23)20-11-19(27-28-22(20)26-14-23)17-5-4-6-18(24)21(17)31/h4-6,11,15-16,25,31H,3,7-10,12-14H2,1-2H3,(H,26,28)/t16-,23-/m1/s1. The second-order valence-corrected chi connectivity index (χ2v) is 9.15. The molecule has 2 atom stereocenters. The summed E-state index contributed by atoms with van der Waals surface area (Å²) in [6, 6.07) is 7.53. The molecule has 4 heterocycles. The maximum absolute atomic E-state index is 13.9. The lowest BCUT2D eigenvalue weighted by Crippen LogP contribution is -2.52. The number of hydrogen-bond donors (Lipinski definition) is 3. The Kier molecular flexibility index (Phi) is 5.22. The summed E-state index contributed by atoms with van der Waals surface area (Å²) < 4.78 is 13.9. The van der Waals surface area contributed by atoms with Crippen LogP contribution in [-0.4, -0.2) is 71.1 Å². The molecule has 31 heavy (non-hydrogen) atoms. The molecule has 8 heteroatoms. The van der Waals surface area contributed by atoms with Gasteiger partial charge in [-0.1, -0.05) is 13.0 Å². The molecule has 0 spiro atoms. The van der Waals surface area contributed by atoms with Crippen LogP contribution in [0.1, 0.15) is 32.6 Å². The second-order valence-electron chi connectivity index (χ2n) is 9.15. The number of piperidine rings is 1. The van der Waals surface area contributed by atoms with Crippen molar-refractivity contribution in [1.29, 1.82) is 0 Å². The van der Waals surface area contributed by atoms with E-state index in [2.05, 4.69) is 44.6 Å². The lowest BCUT2D eigenvalue weighted by molar-refractivity contribution is 0.146. The van der Waals surface area contributed by atoms with Gasteiger partial charge in [-0.05, 0) is 64.0 Å². The van der Waals surface area contributed by atoms with Crippen LogP contribution in [0, 0.1) is 5.82 Å². The zero-order valence-electron chi connectivity index (χ0n) is 18.2. The van der Waals surface area contributed by atoms with Crippen LogP contribution in [0.5, 0.6) is 5.75 Å². The van der Waals surface area contributed by atoms with Gasteiger partial charge in [-0.25, -0.2) is 4.39 Å². The van der Waals surface area contributed by atoms with E-state index in [0.29, 0.717) is 23.3 Å². The minimum atomic E-state index is -0.650. The van der Waals surface area contributed by atoms with Crippen molar-refractivity contribution in [2.45, 2.75) is 50.2 Å². The molecule has 3 N–H and O–H groups in total. The Morgan fingerprint density at radius 3 is 2.84 bits per heavy atom. The summed E-state index contributed by atoms with van der Waals surface area (Å²) in [6.07, 6.45) is 4.50. The number of halogens is 1. The number of fused-ring (bicyclic) bond motifs is 3. The topological polar surface area (TPSA) is 76.6 Å². The molecule has 3 aliphatic heterocycles. The molecular weight excluding hydrogens is 395 g/mol. The van der Waals surface area contributed by atoms with Crippen molar-refractivity contribution < 1.29 is 9.50 Å². The molecule has 5 rings (SSSR count). The lowest BCUT2D eigenvalue weighted by Gasteiger charge is -2.43. The van der Waals surface area contributed by atoms with Crippen molar-refractivity contribution in [2.24, 2.45) is 0 Å². The molecule has 2 aromatic rings. The molecule has 7 nitrogen and oxygen atoms in total. The Morgan fingerprint density at radius 2 is 2.06 bits per heavy atom. The van der Waals surface area contributed by atoms with Crippen LogP contribution in [0.3, 0.4) is 0 Å². The summed E-state index contributed by atoms with van der Waals surface area (Å²) >= 11 is 0. The Balaban J connectivity index is 1.48. The average Bonchev–Trinajstić information content (AvgIpc) is 3.21.